The Morgan fingerprint density at radius 3 is 2.79 bits per heavy atom. The van der Waals surface area contributed by atoms with Crippen LogP contribution in [0.4, 0.5) is 0 Å². The molecule has 0 aromatic heterocycles. The smallest absolute Gasteiger partial charge is 0.312 e. The normalized spacial score (nSPS) is 30.9. The Morgan fingerprint density at radius 1 is 1.38 bits per heavy atom. The van der Waals surface area contributed by atoms with Gasteiger partial charge in [-0.3, -0.25) is 9.59 Å². The first-order valence-electron chi connectivity index (χ1n) is 11.8. The van der Waals surface area contributed by atoms with Crippen LogP contribution in [0.5, 0.6) is 5.75 Å². The van der Waals surface area contributed by atoms with E-state index >= 15 is 0 Å². The number of rotatable bonds is 6. The Hall–Kier alpha value is -2.46. The van der Waals surface area contributed by atoms with Crippen molar-refractivity contribution in [3.63, 3.8) is 0 Å². The second-order valence-corrected chi connectivity index (χ2v) is 9.71. The lowest BCUT2D eigenvalue weighted by Crippen LogP contribution is -2.71. The summed E-state index contributed by atoms with van der Waals surface area (Å²) in [4.78, 5) is 26.3. The zero-order valence-corrected chi connectivity index (χ0v) is 20.1. The van der Waals surface area contributed by atoms with E-state index in [2.05, 4.69) is 10.2 Å². The van der Waals surface area contributed by atoms with E-state index < -0.39 is 35.1 Å². The highest BCUT2D eigenvalue weighted by molar-refractivity contribution is 5.80. The minimum atomic E-state index is -1.17. The molecule has 0 bridgehead atoms. The summed E-state index contributed by atoms with van der Waals surface area (Å²) >= 11 is 0. The van der Waals surface area contributed by atoms with E-state index in [0.717, 1.165) is 17.7 Å². The summed E-state index contributed by atoms with van der Waals surface area (Å²) in [6.45, 7) is 5.86. The van der Waals surface area contributed by atoms with E-state index in [1.54, 1.807) is 6.08 Å². The number of fused-ring (bicyclic) bond motifs is 1. The lowest BCUT2D eigenvalue weighted by molar-refractivity contribution is -0.161. The molecule has 4 N–H and O–H groups in total. The Morgan fingerprint density at radius 2 is 2.12 bits per heavy atom. The first kappa shape index (κ1) is 24.7. The number of piperidine rings is 1. The van der Waals surface area contributed by atoms with Crippen molar-refractivity contribution in [1.82, 2.24) is 10.2 Å². The van der Waals surface area contributed by atoms with Crippen molar-refractivity contribution in [3.8, 4) is 5.75 Å². The molecule has 1 aliphatic carbocycles. The molecule has 9 nitrogen and oxygen atoms in total. The minimum Gasteiger partial charge on any atom is -0.481 e. The number of likely N-dealkylation sites (tertiary alicyclic amines) is 1. The highest BCUT2D eigenvalue weighted by Gasteiger charge is 2.69. The number of carbonyl (C=O) groups is 2. The molecule has 1 saturated heterocycles. The first-order valence-corrected chi connectivity index (χ1v) is 11.8. The number of likely N-dealkylation sites (N-methyl/N-ethyl adjacent to an activating group) is 1. The molecule has 0 radical (unpaired) electrons. The fourth-order valence-electron chi connectivity index (χ4n) is 5.82. The van der Waals surface area contributed by atoms with Crippen LogP contribution in [0.1, 0.15) is 49.8 Å². The van der Waals surface area contributed by atoms with Crippen LogP contribution in [-0.4, -0.2) is 76.1 Å². The lowest BCUT2D eigenvalue weighted by Gasteiger charge is -2.58. The molecule has 1 aromatic rings. The summed E-state index contributed by atoms with van der Waals surface area (Å²) < 4.78 is 12.2. The van der Waals surface area contributed by atoms with Crippen molar-refractivity contribution in [2.45, 2.75) is 75.9 Å². The molecule has 1 spiro atoms. The van der Waals surface area contributed by atoms with E-state index in [0.29, 0.717) is 23.5 Å². The number of nitrogens with one attached hydrogen (secondary N) is 1. The molecule has 3 aliphatic rings. The number of esters is 1. The highest BCUT2D eigenvalue weighted by atomic mass is 16.6. The monoisotopic (exact) mass is 474 g/mol. The van der Waals surface area contributed by atoms with E-state index in [1.807, 2.05) is 33.0 Å². The van der Waals surface area contributed by atoms with Gasteiger partial charge < -0.3 is 35.0 Å². The minimum absolute atomic E-state index is 0.0340. The predicted molar refractivity (Wildman–Crippen MR) is 123 cm³/mol. The second kappa shape index (κ2) is 8.96. The van der Waals surface area contributed by atoms with Crippen LogP contribution < -0.4 is 10.1 Å². The Bertz CT molecular complexity index is 1020. The van der Waals surface area contributed by atoms with Crippen molar-refractivity contribution in [2.24, 2.45) is 0 Å². The maximum Gasteiger partial charge on any atom is 0.312 e. The van der Waals surface area contributed by atoms with Gasteiger partial charge in [-0.15, -0.1) is 0 Å². The van der Waals surface area contributed by atoms with Crippen molar-refractivity contribution >= 4 is 11.9 Å². The van der Waals surface area contributed by atoms with Gasteiger partial charge in [0.1, 0.15) is 17.6 Å². The SMILES string of the molecule is Cc1ccc(CO)c2c1[C@]13CCN(C)[C@H](C)[C@]1(O)CC=C(OC(=O)CCNC(=O)[C@H](C)O)[C@@H]3O2. The molecule has 0 unspecified atom stereocenters. The topological polar surface area (TPSA) is 129 Å². The van der Waals surface area contributed by atoms with Crippen molar-refractivity contribution in [1.29, 1.82) is 0 Å². The number of hydrogen-bond acceptors (Lipinski definition) is 8. The molecular weight excluding hydrogens is 440 g/mol. The Kier molecular flexibility index (Phi) is 6.50. The van der Waals surface area contributed by atoms with E-state index in [9.17, 15) is 24.9 Å². The fraction of sp³-hybridized carbons (Fsp3) is 0.600. The van der Waals surface area contributed by atoms with Crippen molar-refractivity contribution < 1.29 is 34.4 Å². The zero-order chi connectivity index (χ0) is 24.8. The van der Waals surface area contributed by atoms with Gasteiger partial charge in [0, 0.05) is 30.1 Å². The molecule has 9 heteroatoms. The van der Waals surface area contributed by atoms with Crippen LogP contribution in [0.2, 0.25) is 0 Å². The van der Waals surface area contributed by atoms with Crippen molar-refractivity contribution in [3.05, 3.63) is 40.7 Å². The van der Waals surface area contributed by atoms with Gasteiger partial charge in [0.25, 0.3) is 0 Å². The Balaban J connectivity index is 1.68. The first-order chi connectivity index (χ1) is 16.1. The standard InChI is InChI=1S/C25H34N2O7/c1-14-5-6-17(13-28)21-20(14)24-10-12-27(4)16(3)25(24,32)9-7-18(22(24)34-21)33-19(30)8-11-26-23(31)15(2)29/h5-7,15-16,22,28-29,32H,8-13H2,1-4H3,(H,26,31)/t15-,16+,22-,24-,25+/m0/s1. The van der Waals surface area contributed by atoms with Gasteiger partial charge in [-0.1, -0.05) is 12.1 Å². The summed E-state index contributed by atoms with van der Waals surface area (Å²) in [5, 5.41) is 33.9. The molecule has 0 saturated carbocycles. The van der Waals surface area contributed by atoms with Gasteiger partial charge in [-0.2, -0.15) is 0 Å². The van der Waals surface area contributed by atoms with Gasteiger partial charge in [0.2, 0.25) is 5.91 Å². The quantitative estimate of drug-likeness (QED) is 0.443. The third kappa shape index (κ3) is 3.62. The van der Waals surface area contributed by atoms with Crippen LogP contribution in [-0.2, 0) is 26.3 Å². The number of nitrogens with zero attached hydrogens (tertiary/aromatic N) is 1. The molecule has 4 rings (SSSR count). The number of hydrogen-bond donors (Lipinski definition) is 4. The van der Waals surface area contributed by atoms with Gasteiger partial charge in [-0.25, -0.2) is 0 Å². The maximum atomic E-state index is 12.6. The second-order valence-electron chi connectivity index (χ2n) is 9.71. The molecule has 1 fully saturated rings. The molecular formula is C25H34N2O7. The third-order valence-electron chi connectivity index (χ3n) is 7.84. The fourth-order valence-corrected chi connectivity index (χ4v) is 5.82. The van der Waals surface area contributed by atoms with Gasteiger partial charge in [0.05, 0.1) is 24.0 Å². The summed E-state index contributed by atoms with van der Waals surface area (Å²) in [5.74, 6) is -0.212. The van der Waals surface area contributed by atoms with Crippen LogP contribution in [0.3, 0.4) is 0 Å². The number of benzene rings is 1. The van der Waals surface area contributed by atoms with Gasteiger partial charge in [0.15, 0.2) is 6.10 Å². The van der Waals surface area contributed by atoms with Crippen LogP contribution >= 0.6 is 0 Å². The van der Waals surface area contributed by atoms with Crippen LogP contribution in [0, 0.1) is 6.92 Å². The van der Waals surface area contributed by atoms with Crippen molar-refractivity contribution in [2.75, 3.05) is 20.1 Å². The largest absolute Gasteiger partial charge is 0.481 e. The molecule has 2 heterocycles. The summed E-state index contributed by atoms with van der Waals surface area (Å²) in [6.07, 6.45) is 0.645. The zero-order valence-electron chi connectivity index (χ0n) is 20.1. The number of carbonyl (C=O) groups excluding carboxylic acids is 2. The average Bonchev–Trinajstić information content (AvgIpc) is 3.16. The number of aliphatic hydroxyl groups is 3. The van der Waals surface area contributed by atoms with E-state index in [4.69, 9.17) is 9.47 Å². The summed E-state index contributed by atoms with van der Waals surface area (Å²) in [5.41, 5.74) is 0.449. The molecule has 1 aromatic carbocycles. The number of aliphatic hydroxyl groups excluding tert-OH is 2. The molecule has 5 atom stereocenters. The van der Waals surface area contributed by atoms with Gasteiger partial charge in [-0.05, 0) is 52.4 Å². The highest BCUT2D eigenvalue weighted by Crippen LogP contribution is 2.61. The van der Waals surface area contributed by atoms with Crippen LogP contribution in [0.15, 0.2) is 24.0 Å². The van der Waals surface area contributed by atoms with Gasteiger partial charge >= 0.3 is 5.97 Å². The number of ether oxygens (including phenoxy) is 2. The van der Waals surface area contributed by atoms with E-state index in [-0.39, 0.29) is 32.0 Å². The number of amides is 1. The molecule has 1 amide bonds. The molecule has 186 valence electrons. The maximum absolute atomic E-state index is 12.6. The average molecular weight is 475 g/mol. The molecule has 34 heavy (non-hydrogen) atoms. The van der Waals surface area contributed by atoms with Crippen LogP contribution in [0.25, 0.3) is 0 Å². The predicted octanol–water partition coefficient (Wildman–Crippen LogP) is 0.659. The summed E-state index contributed by atoms with van der Waals surface area (Å²) in [7, 11) is 1.99. The number of aryl methyl sites for hydroxylation is 1. The molecule has 2 aliphatic heterocycles. The van der Waals surface area contributed by atoms with E-state index in [1.165, 1.54) is 6.92 Å². The summed E-state index contributed by atoms with van der Waals surface area (Å²) in [6, 6.07) is 3.57. The Labute approximate surface area is 199 Å². The third-order valence-corrected chi connectivity index (χ3v) is 7.84. The lowest BCUT2D eigenvalue weighted by atomic mass is 9.54.